The van der Waals surface area contributed by atoms with Gasteiger partial charge >= 0.3 is 5.97 Å². The fraction of sp³-hybridized carbons (Fsp3) is 0.250. The van der Waals surface area contributed by atoms with Crippen molar-refractivity contribution in [2.24, 2.45) is 0 Å². The zero-order valence-corrected chi connectivity index (χ0v) is 12.1. The van der Waals surface area contributed by atoms with Crippen LogP contribution in [-0.4, -0.2) is 36.7 Å². The van der Waals surface area contributed by atoms with E-state index in [1.807, 2.05) is 13.0 Å². The van der Waals surface area contributed by atoms with E-state index in [1.54, 1.807) is 16.7 Å². The highest BCUT2D eigenvalue weighted by Crippen LogP contribution is 2.27. The Kier molecular flexibility index (Phi) is 4.64. The van der Waals surface area contributed by atoms with Crippen LogP contribution in [0.25, 0.3) is 5.69 Å². The fourth-order valence-electron chi connectivity index (χ4n) is 1.66. The number of hydrogen-bond donors (Lipinski definition) is 2. The molecule has 0 atom stereocenters. The van der Waals surface area contributed by atoms with Crippen LogP contribution < -0.4 is 0 Å². The summed E-state index contributed by atoms with van der Waals surface area (Å²) in [4.78, 5) is 10.7. The molecule has 0 aliphatic rings. The summed E-state index contributed by atoms with van der Waals surface area (Å²) in [5.41, 5.74) is 1.61. The zero-order valence-electron chi connectivity index (χ0n) is 10.6. The van der Waals surface area contributed by atoms with Gasteiger partial charge in [0.15, 0.2) is 11.0 Å². The highest BCUT2D eigenvalue weighted by Gasteiger charge is 2.17. The van der Waals surface area contributed by atoms with Crippen molar-refractivity contribution in [3.05, 3.63) is 34.6 Å². The molecular formula is C12H12ClN3O3S. The van der Waals surface area contributed by atoms with E-state index in [9.17, 15) is 9.90 Å². The highest BCUT2D eigenvalue weighted by atomic mass is 35.5. The third kappa shape index (κ3) is 3.12. The number of carbonyl (C=O) groups is 1. The van der Waals surface area contributed by atoms with Crippen LogP contribution in [0, 0.1) is 6.92 Å². The lowest BCUT2D eigenvalue weighted by Gasteiger charge is -2.11. The first-order valence-corrected chi connectivity index (χ1v) is 7.05. The Morgan fingerprint density at radius 1 is 1.45 bits per heavy atom. The number of benzene rings is 1. The minimum Gasteiger partial charge on any atom is -0.481 e. The summed E-state index contributed by atoms with van der Waals surface area (Å²) >= 11 is 7.22. The minimum absolute atomic E-state index is 0.146. The van der Waals surface area contributed by atoms with Gasteiger partial charge in [-0.3, -0.25) is 9.36 Å². The Balaban J connectivity index is 2.47. The second kappa shape index (κ2) is 6.25. The monoisotopic (exact) mass is 313 g/mol. The third-order valence-corrected chi connectivity index (χ3v) is 3.73. The first-order valence-electron chi connectivity index (χ1n) is 5.69. The van der Waals surface area contributed by atoms with Gasteiger partial charge < -0.3 is 10.2 Å². The molecule has 0 bridgehead atoms. The van der Waals surface area contributed by atoms with Gasteiger partial charge in [-0.15, -0.1) is 10.2 Å². The van der Waals surface area contributed by atoms with Crippen molar-refractivity contribution in [3.8, 4) is 5.69 Å². The predicted molar refractivity (Wildman–Crippen MR) is 75.4 cm³/mol. The van der Waals surface area contributed by atoms with Gasteiger partial charge in [-0.2, -0.15) is 0 Å². The molecule has 0 aliphatic heterocycles. The molecule has 0 unspecified atom stereocenters. The van der Waals surface area contributed by atoms with Crippen LogP contribution in [0.1, 0.15) is 11.4 Å². The number of halogens is 1. The van der Waals surface area contributed by atoms with Gasteiger partial charge in [-0.25, -0.2) is 0 Å². The molecule has 0 radical (unpaired) electrons. The summed E-state index contributed by atoms with van der Waals surface area (Å²) in [7, 11) is 0. The molecule has 1 heterocycles. The summed E-state index contributed by atoms with van der Waals surface area (Å²) in [5.74, 6) is -0.790. The Hall–Kier alpha value is -1.57. The predicted octanol–water partition coefficient (Wildman–Crippen LogP) is 1.90. The molecule has 106 valence electrons. The lowest BCUT2D eigenvalue weighted by molar-refractivity contribution is -0.133. The van der Waals surface area contributed by atoms with Gasteiger partial charge in [-0.1, -0.05) is 29.4 Å². The second-order valence-electron chi connectivity index (χ2n) is 4.03. The molecule has 1 aromatic heterocycles. The first kappa shape index (κ1) is 14.8. The lowest BCUT2D eigenvalue weighted by Crippen LogP contribution is -2.05. The number of aryl methyl sites for hydroxylation is 1. The molecule has 2 aromatic rings. The minimum atomic E-state index is -0.954. The van der Waals surface area contributed by atoms with E-state index in [1.165, 1.54) is 0 Å². The maximum atomic E-state index is 10.7. The molecule has 0 spiro atoms. The summed E-state index contributed by atoms with van der Waals surface area (Å²) in [6, 6.07) is 5.43. The van der Waals surface area contributed by atoms with Crippen LogP contribution in [0.4, 0.5) is 0 Å². The van der Waals surface area contributed by atoms with Gasteiger partial charge in [-0.05, 0) is 24.6 Å². The van der Waals surface area contributed by atoms with Crippen LogP contribution in [0.5, 0.6) is 0 Å². The Morgan fingerprint density at radius 3 is 2.80 bits per heavy atom. The molecule has 2 N–H and O–H groups in total. The maximum absolute atomic E-state index is 10.7. The number of thioether (sulfide) groups is 1. The lowest BCUT2D eigenvalue weighted by atomic mass is 10.2. The largest absolute Gasteiger partial charge is 0.481 e. The molecule has 2 rings (SSSR count). The topological polar surface area (TPSA) is 88.2 Å². The van der Waals surface area contributed by atoms with Gasteiger partial charge in [0.05, 0.1) is 16.5 Å². The first-order chi connectivity index (χ1) is 9.52. The number of hydrogen-bond acceptors (Lipinski definition) is 5. The van der Waals surface area contributed by atoms with E-state index in [2.05, 4.69) is 10.2 Å². The molecule has 6 nitrogen and oxygen atoms in total. The number of carboxylic acid groups (broad SMARTS) is 1. The Labute approximate surface area is 124 Å². The summed E-state index contributed by atoms with van der Waals surface area (Å²) < 4.78 is 1.56. The van der Waals surface area contributed by atoms with Crippen molar-refractivity contribution in [1.82, 2.24) is 14.8 Å². The molecule has 8 heteroatoms. The van der Waals surface area contributed by atoms with E-state index in [4.69, 9.17) is 16.7 Å². The number of nitrogens with zero attached hydrogens (tertiary/aromatic N) is 3. The van der Waals surface area contributed by atoms with Crippen molar-refractivity contribution in [3.63, 3.8) is 0 Å². The van der Waals surface area contributed by atoms with Crippen LogP contribution in [0.15, 0.2) is 23.4 Å². The van der Waals surface area contributed by atoms with Crippen LogP contribution in [-0.2, 0) is 11.4 Å². The molecular weight excluding hydrogens is 302 g/mol. The molecule has 20 heavy (non-hydrogen) atoms. The van der Waals surface area contributed by atoms with E-state index in [-0.39, 0.29) is 12.4 Å². The second-order valence-corrected chi connectivity index (χ2v) is 5.38. The van der Waals surface area contributed by atoms with E-state index < -0.39 is 5.97 Å². The number of carboxylic acids is 1. The van der Waals surface area contributed by atoms with Crippen molar-refractivity contribution in [2.45, 2.75) is 18.7 Å². The molecule has 0 amide bonds. The number of aliphatic carboxylic acids is 1. The van der Waals surface area contributed by atoms with Crippen molar-refractivity contribution < 1.29 is 15.0 Å². The summed E-state index contributed by atoms with van der Waals surface area (Å²) in [6.07, 6.45) is 0. The standard InChI is InChI=1S/C12H12ClN3O3S/c1-7-2-3-9(8(13)4-7)16-10(5-17)14-15-12(16)20-6-11(18)19/h2-4,17H,5-6H2,1H3,(H,18,19). The number of aromatic nitrogens is 3. The van der Waals surface area contributed by atoms with Gasteiger partial charge in [0, 0.05) is 0 Å². The SMILES string of the molecule is Cc1ccc(-n2c(CO)nnc2SCC(=O)O)c(Cl)c1. The Morgan fingerprint density at radius 2 is 2.20 bits per heavy atom. The van der Waals surface area contributed by atoms with Crippen LogP contribution in [0.2, 0.25) is 5.02 Å². The van der Waals surface area contributed by atoms with Gasteiger partial charge in [0.2, 0.25) is 0 Å². The van der Waals surface area contributed by atoms with Crippen molar-refractivity contribution in [1.29, 1.82) is 0 Å². The van der Waals surface area contributed by atoms with E-state index >= 15 is 0 Å². The van der Waals surface area contributed by atoms with Crippen molar-refractivity contribution >= 4 is 29.3 Å². The molecule has 0 fully saturated rings. The van der Waals surface area contributed by atoms with Crippen LogP contribution in [0.3, 0.4) is 0 Å². The number of aliphatic hydroxyl groups excluding tert-OH is 1. The number of rotatable bonds is 5. The van der Waals surface area contributed by atoms with Gasteiger partial charge in [0.25, 0.3) is 0 Å². The van der Waals surface area contributed by atoms with E-state index in [0.29, 0.717) is 21.7 Å². The smallest absolute Gasteiger partial charge is 0.313 e. The Bertz CT molecular complexity index is 645. The molecule has 0 saturated carbocycles. The summed E-state index contributed by atoms with van der Waals surface area (Å²) in [5, 5.41) is 26.7. The summed E-state index contributed by atoms with van der Waals surface area (Å²) in [6.45, 7) is 1.60. The van der Waals surface area contributed by atoms with Crippen LogP contribution >= 0.6 is 23.4 Å². The van der Waals surface area contributed by atoms with E-state index in [0.717, 1.165) is 17.3 Å². The third-order valence-electron chi connectivity index (χ3n) is 2.51. The van der Waals surface area contributed by atoms with Gasteiger partial charge in [0.1, 0.15) is 6.61 Å². The molecule has 0 aliphatic carbocycles. The fourth-order valence-corrected chi connectivity index (χ4v) is 2.66. The quantitative estimate of drug-likeness (QED) is 0.820. The zero-order chi connectivity index (χ0) is 14.7. The molecule has 0 saturated heterocycles. The average molecular weight is 314 g/mol. The highest BCUT2D eigenvalue weighted by molar-refractivity contribution is 7.99. The maximum Gasteiger partial charge on any atom is 0.313 e. The number of aliphatic hydroxyl groups is 1. The average Bonchev–Trinajstić information content (AvgIpc) is 2.79. The molecule has 1 aromatic carbocycles. The van der Waals surface area contributed by atoms with Crippen molar-refractivity contribution in [2.75, 3.05) is 5.75 Å². The normalized spacial score (nSPS) is 10.8.